The molecule has 1 amide bonds. The molecule has 1 aliphatic rings. The minimum absolute atomic E-state index is 0.0289. The van der Waals surface area contributed by atoms with Crippen LogP contribution in [0.4, 0.5) is 10.5 Å². The number of nitro groups is 1. The summed E-state index contributed by atoms with van der Waals surface area (Å²) in [6.07, 6.45) is 1.03. The quantitative estimate of drug-likeness (QED) is 0.614. The third-order valence-electron chi connectivity index (χ3n) is 2.90. The third-order valence-corrected chi connectivity index (χ3v) is 2.90. The number of carboxylic acid groups (broad SMARTS) is 1. The zero-order valence-corrected chi connectivity index (χ0v) is 9.24. The van der Waals surface area contributed by atoms with Crippen LogP contribution >= 0.6 is 0 Å². The Bertz CT molecular complexity index is 470. The second-order valence-electron chi connectivity index (χ2n) is 4.01. The van der Waals surface area contributed by atoms with Crippen LogP contribution in [0.15, 0.2) is 6.20 Å². The first kappa shape index (κ1) is 11.4. The van der Waals surface area contributed by atoms with E-state index in [0.29, 0.717) is 25.2 Å². The van der Waals surface area contributed by atoms with Gasteiger partial charge in [0.2, 0.25) is 0 Å². The molecule has 8 heteroatoms. The predicted octanol–water partition coefficient (Wildman–Crippen LogP) is 1.02. The van der Waals surface area contributed by atoms with Gasteiger partial charge in [-0.1, -0.05) is 0 Å². The van der Waals surface area contributed by atoms with E-state index in [1.807, 2.05) is 0 Å². The van der Waals surface area contributed by atoms with Crippen molar-refractivity contribution in [1.82, 2.24) is 14.7 Å². The van der Waals surface area contributed by atoms with Gasteiger partial charge in [-0.05, 0) is 13.3 Å². The molecular formula is C9H12N4O4. The van der Waals surface area contributed by atoms with E-state index in [4.69, 9.17) is 5.11 Å². The maximum atomic E-state index is 10.7. The van der Waals surface area contributed by atoms with Gasteiger partial charge in [0.05, 0.1) is 11.0 Å². The van der Waals surface area contributed by atoms with Crippen LogP contribution in [0.25, 0.3) is 0 Å². The van der Waals surface area contributed by atoms with E-state index in [0.717, 1.165) is 0 Å². The SMILES string of the molecule is Cc1nn(C2CCN(C(=O)O)C2)cc1[N+](=O)[O-]. The largest absolute Gasteiger partial charge is 0.465 e. The van der Waals surface area contributed by atoms with Crippen LogP contribution < -0.4 is 0 Å². The van der Waals surface area contributed by atoms with Crippen molar-refractivity contribution >= 4 is 11.8 Å². The lowest BCUT2D eigenvalue weighted by Crippen LogP contribution is -2.27. The van der Waals surface area contributed by atoms with Gasteiger partial charge in [-0.3, -0.25) is 14.8 Å². The summed E-state index contributed by atoms with van der Waals surface area (Å²) in [4.78, 5) is 22.2. The minimum Gasteiger partial charge on any atom is -0.465 e. The highest BCUT2D eigenvalue weighted by Gasteiger charge is 2.29. The van der Waals surface area contributed by atoms with E-state index in [1.165, 1.54) is 15.8 Å². The van der Waals surface area contributed by atoms with E-state index in [-0.39, 0.29) is 11.7 Å². The first-order chi connectivity index (χ1) is 7.99. The molecule has 1 atom stereocenters. The summed E-state index contributed by atoms with van der Waals surface area (Å²) in [6, 6.07) is -0.113. The summed E-state index contributed by atoms with van der Waals surface area (Å²) in [5.74, 6) is 0. The summed E-state index contributed by atoms with van der Waals surface area (Å²) >= 11 is 0. The molecule has 1 aromatic heterocycles. The minimum atomic E-state index is -0.967. The van der Waals surface area contributed by atoms with Gasteiger partial charge in [-0.2, -0.15) is 5.10 Å². The van der Waals surface area contributed by atoms with E-state index < -0.39 is 11.0 Å². The molecule has 1 aliphatic heterocycles. The second kappa shape index (κ2) is 4.04. The normalized spacial score (nSPS) is 19.6. The molecule has 8 nitrogen and oxygen atoms in total. The Morgan fingerprint density at radius 2 is 2.41 bits per heavy atom. The molecule has 0 aliphatic carbocycles. The lowest BCUT2D eigenvalue weighted by molar-refractivity contribution is -0.385. The van der Waals surface area contributed by atoms with Crippen molar-refractivity contribution in [2.75, 3.05) is 13.1 Å². The van der Waals surface area contributed by atoms with Crippen LogP contribution in [-0.2, 0) is 0 Å². The van der Waals surface area contributed by atoms with E-state index in [1.54, 1.807) is 6.92 Å². The average Bonchev–Trinajstić information content (AvgIpc) is 2.82. The number of amides is 1. The van der Waals surface area contributed by atoms with Crippen molar-refractivity contribution in [2.45, 2.75) is 19.4 Å². The van der Waals surface area contributed by atoms with Crippen molar-refractivity contribution in [1.29, 1.82) is 0 Å². The van der Waals surface area contributed by atoms with Crippen LogP contribution in [0.2, 0.25) is 0 Å². The van der Waals surface area contributed by atoms with Crippen molar-refractivity contribution < 1.29 is 14.8 Å². The van der Waals surface area contributed by atoms with E-state index >= 15 is 0 Å². The van der Waals surface area contributed by atoms with Crippen molar-refractivity contribution in [3.8, 4) is 0 Å². The van der Waals surface area contributed by atoms with E-state index in [2.05, 4.69) is 5.10 Å². The number of likely N-dealkylation sites (tertiary alicyclic amines) is 1. The Morgan fingerprint density at radius 3 is 2.88 bits per heavy atom. The number of rotatable bonds is 2. The fraction of sp³-hybridized carbons (Fsp3) is 0.556. The van der Waals surface area contributed by atoms with Crippen LogP contribution in [0.1, 0.15) is 18.2 Å². The Hall–Kier alpha value is -2.12. The average molecular weight is 240 g/mol. The Morgan fingerprint density at radius 1 is 1.71 bits per heavy atom. The number of nitrogens with zero attached hydrogens (tertiary/aromatic N) is 4. The summed E-state index contributed by atoms with van der Waals surface area (Å²) < 4.78 is 1.50. The van der Waals surface area contributed by atoms with Gasteiger partial charge in [0.15, 0.2) is 0 Å². The Balaban J connectivity index is 2.17. The van der Waals surface area contributed by atoms with Crippen molar-refractivity contribution in [3.05, 3.63) is 22.0 Å². The standard InChI is InChI=1S/C9H12N4O4/c1-6-8(13(16)17)5-12(10-6)7-2-3-11(4-7)9(14)15/h5,7H,2-4H2,1H3,(H,14,15). The fourth-order valence-corrected chi connectivity index (χ4v) is 1.97. The molecule has 0 aromatic carbocycles. The number of aryl methyl sites for hydroxylation is 1. The number of carbonyl (C=O) groups is 1. The highest BCUT2D eigenvalue weighted by Crippen LogP contribution is 2.24. The van der Waals surface area contributed by atoms with Crippen LogP contribution in [0.3, 0.4) is 0 Å². The molecule has 0 radical (unpaired) electrons. The number of hydrogen-bond donors (Lipinski definition) is 1. The summed E-state index contributed by atoms with van der Waals surface area (Å²) in [7, 11) is 0. The molecule has 92 valence electrons. The lowest BCUT2D eigenvalue weighted by Gasteiger charge is -2.11. The maximum absolute atomic E-state index is 10.7. The summed E-state index contributed by atoms with van der Waals surface area (Å²) in [6.45, 7) is 2.33. The lowest BCUT2D eigenvalue weighted by atomic mass is 10.3. The molecule has 1 N–H and O–H groups in total. The predicted molar refractivity (Wildman–Crippen MR) is 56.9 cm³/mol. The highest BCUT2D eigenvalue weighted by molar-refractivity contribution is 5.65. The number of aromatic nitrogens is 2. The molecule has 1 saturated heterocycles. The fourth-order valence-electron chi connectivity index (χ4n) is 1.97. The zero-order chi connectivity index (χ0) is 12.6. The maximum Gasteiger partial charge on any atom is 0.407 e. The van der Waals surface area contributed by atoms with Gasteiger partial charge < -0.3 is 10.0 Å². The van der Waals surface area contributed by atoms with Gasteiger partial charge in [0.1, 0.15) is 11.9 Å². The van der Waals surface area contributed by atoms with Gasteiger partial charge in [-0.15, -0.1) is 0 Å². The molecule has 0 spiro atoms. The van der Waals surface area contributed by atoms with Crippen molar-refractivity contribution in [3.63, 3.8) is 0 Å². The number of hydrogen-bond acceptors (Lipinski definition) is 4. The van der Waals surface area contributed by atoms with Gasteiger partial charge in [0.25, 0.3) is 0 Å². The third kappa shape index (κ3) is 2.05. The molecule has 17 heavy (non-hydrogen) atoms. The summed E-state index contributed by atoms with van der Waals surface area (Å²) in [5, 5.41) is 23.5. The molecule has 0 bridgehead atoms. The van der Waals surface area contributed by atoms with Crippen LogP contribution in [-0.4, -0.2) is 43.9 Å². The van der Waals surface area contributed by atoms with Crippen molar-refractivity contribution in [2.24, 2.45) is 0 Å². The topological polar surface area (TPSA) is 102 Å². The Labute approximate surface area is 96.6 Å². The smallest absolute Gasteiger partial charge is 0.407 e. The van der Waals surface area contributed by atoms with Gasteiger partial charge >= 0.3 is 11.8 Å². The first-order valence-electron chi connectivity index (χ1n) is 5.17. The molecular weight excluding hydrogens is 228 g/mol. The highest BCUT2D eigenvalue weighted by atomic mass is 16.6. The second-order valence-corrected chi connectivity index (χ2v) is 4.01. The molecule has 1 unspecified atom stereocenters. The molecule has 2 rings (SSSR count). The van der Waals surface area contributed by atoms with Gasteiger partial charge in [0, 0.05) is 13.1 Å². The molecule has 1 aromatic rings. The molecule has 0 saturated carbocycles. The zero-order valence-electron chi connectivity index (χ0n) is 9.24. The monoisotopic (exact) mass is 240 g/mol. The van der Waals surface area contributed by atoms with E-state index in [9.17, 15) is 14.9 Å². The Kier molecular flexibility index (Phi) is 2.70. The molecule has 1 fully saturated rings. The molecule has 2 heterocycles. The van der Waals surface area contributed by atoms with Gasteiger partial charge in [-0.25, -0.2) is 4.79 Å². The first-order valence-corrected chi connectivity index (χ1v) is 5.17. The summed E-state index contributed by atoms with van der Waals surface area (Å²) in [5.41, 5.74) is 0.322. The van der Waals surface area contributed by atoms with Crippen LogP contribution in [0.5, 0.6) is 0 Å². The van der Waals surface area contributed by atoms with Crippen LogP contribution in [0, 0.1) is 17.0 Å².